The number of rotatable bonds is 6. The Morgan fingerprint density at radius 1 is 1.59 bits per heavy atom. The van der Waals surface area contributed by atoms with Gasteiger partial charge in [-0.05, 0) is 17.0 Å². The zero-order valence-electron chi connectivity index (χ0n) is 11.5. The second-order valence-electron chi connectivity index (χ2n) is 4.57. The molecule has 22 heavy (non-hydrogen) atoms. The predicted octanol–water partition coefficient (Wildman–Crippen LogP) is 1.13. The van der Waals surface area contributed by atoms with Crippen LogP contribution < -0.4 is 5.32 Å². The van der Waals surface area contributed by atoms with E-state index >= 15 is 0 Å². The highest BCUT2D eigenvalue weighted by molar-refractivity contribution is 8.00. The molecule has 0 spiro atoms. The molecule has 0 saturated heterocycles. The fourth-order valence-corrected chi connectivity index (χ4v) is 3.61. The lowest BCUT2D eigenvalue weighted by Gasteiger charge is -2.24. The largest absolute Gasteiger partial charge is 0.477 e. The summed E-state index contributed by atoms with van der Waals surface area (Å²) in [5, 5.41) is 12.9. The van der Waals surface area contributed by atoms with E-state index in [-0.39, 0.29) is 18.0 Å². The molecule has 1 aromatic heterocycles. The van der Waals surface area contributed by atoms with E-state index in [2.05, 4.69) is 16.9 Å². The molecule has 0 aliphatic carbocycles. The maximum atomic E-state index is 11.9. The smallest absolute Gasteiger partial charge is 0.354 e. The van der Waals surface area contributed by atoms with Crippen LogP contribution in [0.4, 0.5) is 0 Å². The van der Waals surface area contributed by atoms with Gasteiger partial charge < -0.3 is 15.2 Å². The third kappa shape index (κ3) is 4.05. The number of nitrogens with zero attached hydrogens (tertiary/aromatic N) is 1. The minimum Gasteiger partial charge on any atom is -0.477 e. The molecule has 116 valence electrons. The molecule has 1 aliphatic rings. The Labute approximate surface area is 135 Å². The van der Waals surface area contributed by atoms with Gasteiger partial charge in [-0.3, -0.25) is 9.79 Å². The van der Waals surface area contributed by atoms with Gasteiger partial charge in [0.15, 0.2) is 0 Å². The molecule has 0 radical (unpaired) electrons. The zero-order valence-corrected chi connectivity index (χ0v) is 13.2. The van der Waals surface area contributed by atoms with Gasteiger partial charge in [0, 0.05) is 10.6 Å². The number of thioether (sulfide) groups is 1. The quantitative estimate of drug-likeness (QED) is 0.758. The summed E-state index contributed by atoms with van der Waals surface area (Å²) in [6.07, 6.45) is 0.767. The highest BCUT2D eigenvalue weighted by atomic mass is 32.2. The van der Waals surface area contributed by atoms with E-state index in [0.29, 0.717) is 17.6 Å². The molecule has 2 unspecified atom stereocenters. The van der Waals surface area contributed by atoms with Crippen LogP contribution in [0.5, 0.6) is 0 Å². The lowest BCUT2D eigenvalue weighted by atomic mass is 10.2. The Balaban J connectivity index is 2.05. The van der Waals surface area contributed by atoms with Crippen molar-refractivity contribution < 1.29 is 19.5 Å². The lowest BCUT2D eigenvalue weighted by Crippen LogP contribution is -2.45. The van der Waals surface area contributed by atoms with Crippen molar-refractivity contribution in [1.82, 2.24) is 5.32 Å². The van der Waals surface area contributed by atoms with E-state index in [0.717, 1.165) is 4.88 Å². The van der Waals surface area contributed by atoms with Gasteiger partial charge in [0.25, 0.3) is 0 Å². The van der Waals surface area contributed by atoms with Crippen molar-refractivity contribution in [2.24, 2.45) is 4.99 Å². The summed E-state index contributed by atoms with van der Waals surface area (Å²) < 4.78 is 0. The third-order valence-corrected chi connectivity index (χ3v) is 5.05. The van der Waals surface area contributed by atoms with Crippen LogP contribution in [-0.4, -0.2) is 46.1 Å². The molecule has 1 amide bonds. The number of thiophene rings is 1. The molecule has 0 saturated carbocycles. The van der Waals surface area contributed by atoms with Crippen molar-refractivity contribution in [2.45, 2.75) is 17.8 Å². The molecule has 2 N–H and O–H groups in total. The number of carboxylic acid groups (broad SMARTS) is 1. The van der Waals surface area contributed by atoms with Gasteiger partial charge in [0.2, 0.25) is 5.91 Å². The van der Waals surface area contributed by atoms with Crippen LogP contribution in [0, 0.1) is 0 Å². The molecule has 0 fully saturated rings. The first-order chi connectivity index (χ1) is 10.5. The van der Waals surface area contributed by atoms with Gasteiger partial charge in [-0.25, -0.2) is 4.79 Å². The van der Waals surface area contributed by atoms with Crippen LogP contribution in [-0.2, 0) is 20.8 Å². The number of nitrogens with one attached hydrogen (secondary N) is 1. The fraction of sp³-hybridized carbons (Fsp3) is 0.286. The molecule has 2 heterocycles. The zero-order chi connectivity index (χ0) is 16.1. The van der Waals surface area contributed by atoms with Gasteiger partial charge in [-0.15, -0.1) is 23.1 Å². The van der Waals surface area contributed by atoms with Crippen molar-refractivity contribution in [3.8, 4) is 0 Å². The molecule has 0 bridgehead atoms. The number of hydrogen-bond acceptors (Lipinski definition) is 6. The molecule has 2 rings (SSSR count). The first kappa shape index (κ1) is 16.4. The van der Waals surface area contributed by atoms with Gasteiger partial charge in [-0.1, -0.05) is 12.6 Å². The van der Waals surface area contributed by atoms with Gasteiger partial charge >= 0.3 is 5.97 Å². The normalized spacial score (nSPS) is 19.2. The maximum Gasteiger partial charge on any atom is 0.354 e. The number of carbonyl (C=O) groups excluding carboxylic acids is 2. The molecule has 2 atom stereocenters. The minimum absolute atomic E-state index is 0.136. The van der Waals surface area contributed by atoms with Gasteiger partial charge in [0.05, 0.1) is 6.42 Å². The average molecular weight is 338 g/mol. The molecular weight excluding hydrogens is 324 g/mol. The summed E-state index contributed by atoms with van der Waals surface area (Å²) in [4.78, 5) is 39.2. The number of amides is 1. The molecule has 1 aliphatic heterocycles. The predicted molar refractivity (Wildman–Crippen MR) is 86.5 cm³/mol. The van der Waals surface area contributed by atoms with E-state index in [1.165, 1.54) is 23.1 Å². The highest BCUT2D eigenvalue weighted by Gasteiger charge is 2.29. The van der Waals surface area contributed by atoms with Crippen LogP contribution in [0.3, 0.4) is 0 Å². The number of carboxylic acids is 1. The van der Waals surface area contributed by atoms with E-state index in [9.17, 15) is 14.4 Å². The standard InChI is InChI=1S/C14H14N2O4S2/c1-8-7-22-13(16-12(8)14(19)20)10(6-17)15-11(18)5-9-3-2-4-21-9/h2-4,6,10,13H,1,5,7H2,(H,15,18)(H,19,20). The van der Waals surface area contributed by atoms with Crippen LogP contribution in [0.25, 0.3) is 0 Å². The number of aldehydes is 1. The van der Waals surface area contributed by atoms with Gasteiger partial charge in [-0.2, -0.15) is 0 Å². The van der Waals surface area contributed by atoms with E-state index in [1.807, 2.05) is 17.5 Å². The first-order valence-corrected chi connectivity index (χ1v) is 8.32. The van der Waals surface area contributed by atoms with E-state index < -0.39 is 17.4 Å². The topological polar surface area (TPSA) is 95.8 Å². The van der Waals surface area contributed by atoms with Crippen LogP contribution in [0.1, 0.15) is 4.88 Å². The molecular formula is C14H14N2O4S2. The fourth-order valence-electron chi connectivity index (χ4n) is 1.88. The molecule has 0 aromatic carbocycles. The summed E-state index contributed by atoms with van der Waals surface area (Å²) in [6, 6.07) is 2.82. The Morgan fingerprint density at radius 2 is 2.36 bits per heavy atom. The van der Waals surface area contributed by atoms with Crippen LogP contribution >= 0.6 is 23.1 Å². The lowest BCUT2D eigenvalue weighted by molar-refractivity contribution is -0.129. The minimum atomic E-state index is -1.18. The Kier molecular flexibility index (Phi) is 5.51. The summed E-state index contributed by atoms with van der Waals surface area (Å²) >= 11 is 2.74. The third-order valence-electron chi connectivity index (χ3n) is 2.92. The van der Waals surface area contributed by atoms with Gasteiger partial charge in [0.1, 0.15) is 23.4 Å². The van der Waals surface area contributed by atoms with Crippen molar-refractivity contribution in [3.05, 3.63) is 34.5 Å². The Hall–Kier alpha value is -1.93. The molecule has 8 heteroatoms. The number of hydrogen-bond donors (Lipinski definition) is 2. The van der Waals surface area contributed by atoms with Crippen LogP contribution in [0.2, 0.25) is 0 Å². The summed E-state index contributed by atoms with van der Waals surface area (Å²) in [6.45, 7) is 3.64. The molecule has 6 nitrogen and oxygen atoms in total. The summed E-state index contributed by atoms with van der Waals surface area (Å²) in [5.74, 6) is -1.11. The number of aliphatic imine (C=N–C) groups is 1. The van der Waals surface area contributed by atoms with E-state index in [4.69, 9.17) is 5.11 Å². The second kappa shape index (κ2) is 7.37. The second-order valence-corrected chi connectivity index (χ2v) is 6.71. The summed E-state index contributed by atoms with van der Waals surface area (Å²) in [5.41, 5.74) is 0.270. The van der Waals surface area contributed by atoms with Crippen molar-refractivity contribution in [2.75, 3.05) is 5.75 Å². The number of aliphatic carboxylic acids is 1. The van der Waals surface area contributed by atoms with Crippen molar-refractivity contribution in [3.63, 3.8) is 0 Å². The molecule has 1 aromatic rings. The summed E-state index contributed by atoms with van der Waals surface area (Å²) in [7, 11) is 0. The number of carbonyl (C=O) groups is 3. The van der Waals surface area contributed by atoms with E-state index in [1.54, 1.807) is 0 Å². The monoisotopic (exact) mass is 338 g/mol. The Morgan fingerprint density at radius 3 is 2.95 bits per heavy atom. The SMILES string of the molecule is C=C1CSC(C(C=O)NC(=O)Cc2cccs2)N=C1C(=O)O. The van der Waals surface area contributed by atoms with Crippen molar-refractivity contribution in [1.29, 1.82) is 0 Å². The highest BCUT2D eigenvalue weighted by Crippen LogP contribution is 2.25. The van der Waals surface area contributed by atoms with Crippen LogP contribution in [0.15, 0.2) is 34.7 Å². The Bertz CT molecular complexity index is 625. The maximum absolute atomic E-state index is 11.9. The van der Waals surface area contributed by atoms with Crippen molar-refractivity contribution >= 4 is 47.0 Å². The first-order valence-electron chi connectivity index (χ1n) is 6.39. The average Bonchev–Trinajstić information content (AvgIpc) is 2.98.